The maximum absolute atomic E-state index is 12.1. The van der Waals surface area contributed by atoms with Crippen LogP contribution in [0.4, 0.5) is 0 Å². The number of amides is 1. The maximum atomic E-state index is 12.1. The maximum Gasteiger partial charge on any atom is 0.223 e. The lowest BCUT2D eigenvalue weighted by molar-refractivity contribution is -0.126. The van der Waals surface area contributed by atoms with Crippen molar-refractivity contribution in [2.24, 2.45) is 11.8 Å². The number of nitrogens with zero attached hydrogens (tertiary/aromatic N) is 2. The molecule has 1 aliphatic heterocycles. The summed E-state index contributed by atoms with van der Waals surface area (Å²) in [7, 11) is 0. The van der Waals surface area contributed by atoms with Crippen molar-refractivity contribution < 1.29 is 4.79 Å². The molecule has 1 atom stereocenters. The highest BCUT2D eigenvalue weighted by atomic mass is 35.5. The van der Waals surface area contributed by atoms with Gasteiger partial charge in [0, 0.05) is 29.3 Å². The number of thiazole rings is 1. The summed E-state index contributed by atoms with van der Waals surface area (Å²) in [6.07, 6.45) is 3.51. The molecule has 0 spiro atoms. The number of pyridine rings is 1. The van der Waals surface area contributed by atoms with E-state index in [9.17, 15) is 4.79 Å². The number of hydrogen-bond acceptors (Lipinski definition) is 5. The zero-order valence-corrected chi connectivity index (χ0v) is 15.1. The summed E-state index contributed by atoms with van der Waals surface area (Å²) in [4.78, 5) is 20.6. The van der Waals surface area contributed by atoms with Gasteiger partial charge in [0.1, 0.15) is 5.01 Å². The second-order valence-corrected chi connectivity index (χ2v) is 6.23. The van der Waals surface area contributed by atoms with Crippen molar-refractivity contribution in [3.63, 3.8) is 0 Å². The van der Waals surface area contributed by atoms with E-state index < -0.39 is 0 Å². The Morgan fingerprint density at radius 3 is 2.70 bits per heavy atom. The number of aromatic nitrogens is 2. The fourth-order valence-corrected chi connectivity index (χ4v) is 2.99. The predicted molar refractivity (Wildman–Crippen MR) is 97.2 cm³/mol. The van der Waals surface area contributed by atoms with Gasteiger partial charge in [0.15, 0.2) is 0 Å². The number of carbonyl (C=O) groups excluding carboxylic acids is 1. The molecular weight excluding hydrogens is 355 g/mol. The predicted octanol–water partition coefficient (Wildman–Crippen LogP) is 2.52. The number of rotatable bonds is 5. The highest BCUT2D eigenvalue weighted by Crippen LogP contribution is 2.21. The van der Waals surface area contributed by atoms with Crippen LogP contribution < -0.4 is 10.6 Å². The zero-order valence-electron chi connectivity index (χ0n) is 12.7. The smallest absolute Gasteiger partial charge is 0.223 e. The molecule has 1 saturated heterocycles. The average Bonchev–Trinajstić information content (AvgIpc) is 2.92. The van der Waals surface area contributed by atoms with Crippen LogP contribution in [0.15, 0.2) is 29.9 Å². The van der Waals surface area contributed by atoms with Gasteiger partial charge in [-0.3, -0.25) is 9.78 Å². The molecule has 126 valence electrons. The Bertz CT molecular complexity index is 619. The quantitative estimate of drug-likeness (QED) is 0.843. The van der Waals surface area contributed by atoms with E-state index in [2.05, 4.69) is 20.6 Å². The van der Waals surface area contributed by atoms with Gasteiger partial charge in [-0.15, -0.1) is 36.2 Å². The van der Waals surface area contributed by atoms with E-state index >= 15 is 0 Å². The molecule has 3 rings (SSSR count). The lowest BCUT2D eigenvalue weighted by atomic mass is 9.88. The average molecular weight is 375 g/mol. The van der Waals surface area contributed by atoms with Crippen molar-refractivity contribution in [2.75, 3.05) is 13.1 Å². The lowest BCUT2D eigenvalue weighted by Gasteiger charge is -2.31. The van der Waals surface area contributed by atoms with Gasteiger partial charge in [-0.2, -0.15) is 0 Å². The fraction of sp³-hybridized carbons (Fsp3) is 0.400. The van der Waals surface area contributed by atoms with Crippen molar-refractivity contribution in [3.8, 4) is 11.3 Å². The van der Waals surface area contributed by atoms with Crippen LogP contribution in [0.5, 0.6) is 0 Å². The van der Waals surface area contributed by atoms with Crippen molar-refractivity contribution in [1.82, 2.24) is 20.6 Å². The lowest BCUT2D eigenvalue weighted by Crippen LogP contribution is -2.49. The van der Waals surface area contributed by atoms with Crippen molar-refractivity contribution in [2.45, 2.75) is 13.5 Å². The van der Waals surface area contributed by atoms with Gasteiger partial charge in [0.25, 0.3) is 0 Å². The summed E-state index contributed by atoms with van der Waals surface area (Å²) >= 11 is 1.57. The van der Waals surface area contributed by atoms with Gasteiger partial charge in [0.05, 0.1) is 12.2 Å². The topological polar surface area (TPSA) is 66.9 Å². The van der Waals surface area contributed by atoms with Crippen LogP contribution in [-0.4, -0.2) is 29.0 Å². The summed E-state index contributed by atoms with van der Waals surface area (Å²) in [5.74, 6) is 0.640. The molecule has 1 aliphatic rings. The minimum absolute atomic E-state index is 0. The zero-order chi connectivity index (χ0) is 14.7. The molecule has 23 heavy (non-hydrogen) atoms. The summed E-state index contributed by atoms with van der Waals surface area (Å²) in [6, 6.07) is 3.87. The molecule has 0 bridgehead atoms. The molecule has 8 heteroatoms. The molecule has 0 radical (unpaired) electrons. The Hall–Kier alpha value is -1.21. The van der Waals surface area contributed by atoms with Gasteiger partial charge < -0.3 is 10.6 Å². The Morgan fingerprint density at radius 2 is 2.09 bits per heavy atom. The molecule has 5 nitrogen and oxygen atoms in total. The van der Waals surface area contributed by atoms with Gasteiger partial charge in [-0.05, 0) is 31.1 Å². The van der Waals surface area contributed by atoms with Gasteiger partial charge in [-0.1, -0.05) is 6.92 Å². The van der Waals surface area contributed by atoms with Crippen LogP contribution in [0.2, 0.25) is 0 Å². The third-order valence-electron chi connectivity index (χ3n) is 3.88. The summed E-state index contributed by atoms with van der Waals surface area (Å²) in [5.41, 5.74) is 1.98. The van der Waals surface area contributed by atoms with E-state index in [0.29, 0.717) is 12.5 Å². The molecule has 1 unspecified atom stereocenters. The summed E-state index contributed by atoms with van der Waals surface area (Å²) in [6.45, 7) is 4.38. The first-order chi connectivity index (χ1) is 10.2. The highest BCUT2D eigenvalue weighted by molar-refractivity contribution is 7.09. The van der Waals surface area contributed by atoms with Gasteiger partial charge in [-0.25, -0.2) is 4.98 Å². The van der Waals surface area contributed by atoms with Crippen LogP contribution in [0, 0.1) is 11.8 Å². The Labute approximate surface area is 152 Å². The molecule has 2 aromatic rings. The third-order valence-corrected chi connectivity index (χ3v) is 4.72. The van der Waals surface area contributed by atoms with Crippen molar-refractivity contribution in [1.29, 1.82) is 0 Å². The Morgan fingerprint density at radius 1 is 1.39 bits per heavy atom. The summed E-state index contributed by atoms with van der Waals surface area (Å²) < 4.78 is 0. The first-order valence-electron chi connectivity index (χ1n) is 7.07. The first kappa shape index (κ1) is 19.8. The highest BCUT2D eigenvalue weighted by Gasteiger charge is 2.28. The number of nitrogens with one attached hydrogen (secondary N) is 2. The van der Waals surface area contributed by atoms with Crippen LogP contribution in [-0.2, 0) is 11.3 Å². The minimum atomic E-state index is 0. The van der Waals surface area contributed by atoms with E-state index in [0.717, 1.165) is 29.4 Å². The molecule has 3 heterocycles. The standard InChI is InChI=1S/C15H18N4OS.2ClH/c1-10(12-6-17-7-12)15(20)18-8-14-19-13(9-21-14)11-2-4-16-5-3-11;;/h2-5,9-10,12,17H,6-8H2,1H3,(H,18,20);2*1H. The molecule has 0 saturated carbocycles. The molecule has 0 aliphatic carbocycles. The van der Waals surface area contributed by atoms with Crippen molar-refractivity contribution in [3.05, 3.63) is 34.9 Å². The summed E-state index contributed by atoms with van der Waals surface area (Å²) in [5, 5.41) is 9.11. The van der Waals surface area contributed by atoms with Crippen LogP contribution in [0.1, 0.15) is 11.9 Å². The molecule has 1 fully saturated rings. The molecule has 1 amide bonds. The SMILES string of the molecule is CC(C(=O)NCc1nc(-c2ccncc2)cs1)C1CNC1.Cl.Cl. The molecule has 2 aromatic heterocycles. The van der Waals surface area contributed by atoms with Gasteiger partial charge >= 0.3 is 0 Å². The van der Waals surface area contributed by atoms with Crippen LogP contribution in [0.25, 0.3) is 11.3 Å². The Kier molecular flexibility index (Phi) is 7.91. The van der Waals surface area contributed by atoms with E-state index in [4.69, 9.17) is 0 Å². The fourth-order valence-electron chi connectivity index (χ4n) is 2.25. The van der Waals surface area contributed by atoms with E-state index in [-0.39, 0.29) is 36.6 Å². The Balaban J connectivity index is 0.00000132. The van der Waals surface area contributed by atoms with E-state index in [1.807, 2.05) is 24.4 Å². The molecule has 2 N–H and O–H groups in total. The van der Waals surface area contributed by atoms with Gasteiger partial charge in [0.2, 0.25) is 5.91 Å². The number of halogens is 2. The third kappa shape index (κ3) is 4.88. The molecular formula is C15H20Cl2N4OS. The largest absolute Gasteiger partial charge is 0.349 e. The normalized spacial score (nSPS) is 14.8. The number of hydrogen-bond donors (Lipinski definition) is 2. The van der Waals surface area contributed by atoms with Crippen molar-refractivity contribution >= 4 is 42.1 Å². The van der Waals surface area contributed by atoms with E-state index in [1.165, 1.54) is 0 Å². The van der Waals surface area contributed by atoms with E-state index in [1.54, 1.807) is 23.7 Å². The molecule has 0 aromatic carbocycles. The first-order valence-corrected chi connectivity index (χ1v) is 7.95. The number of carbonyl (C=O) groups is 1. The monoisotopic (exact) mass is 374 g/mol. The second-order valence-electron chi connectivity index (χ2n) is 5.29. The minimum Gasteiger partial charge on any atom is -0.349 e. The van der Waals surface area contributed by atoms with Crippen LogP contribution in [0.3, 0.4) is 0 Å². The second kappa shape index (κ2) is 9.17. The van der Waals surface area contributed by atoms with Crippen LogP contribution >= 0.6 is 36.2 Å².